The van der Waals surface area contributed by atoms with E-state index in [2.05, 4.69) is 15.6 Å². The van der Waals surface area contributed by atoms with Crippen molar-refractivity contribution in [2.75, 3.05) is 24.1 Å². The lowest BCUT2D eigenvalue weighted by Gasteiger charge is -2.19. The van der Waals surface area contributed by atoms with Crippen molar-refractivity contribution in [3.63, 3.8) is 0 Å². The molecular weight excluding hydrogens is 258 g/mol. The van der Waals surface area contributed by atoms with Gasteiger partial charge in [-0.25, -0.2) is 9.78 Å². The minimum absolute atomic E-state index is 0.298. The molecule has 4 N–H and O–H groups in total. The van der Waals surface area contributed by atoms with Crippen LogP contribution in [0.5, 0.6) is 0 Å². The monoisotopic (exact) mass is 277 g/mol. The summed E-state index contributed by atoms with van der Waals surface area (Å²) in [4.78, 5) is 15.4. The average molecular weight is 277 g/mol. The molecule has 0 spiro atoms. The number of nitrogens with one attached hydrogen (secondary N) is 2. The highest BCUT2D eigenvalue weighted by Gasteiger charge is 2.15. The van der Waals surface area contributed by atoms with E-state index in [-0.39, 0.29) is 0 Å². The molecule has 0 aliphatic heterocycles. The van der Waals surface area contributed by atoms with Gasteiger partial charge in [-0.2, -0.15) is 5.26 Å². The zero-order chi connectivity index (χ0) is 15.2. The van der Waals surface area contributed by atoms with E-state index in [1.54, 1.807) is 26.8 Å². The Hall–Kier alpha value is -2.49. The molecule has 1 amide bonds. The van der Waals surface area contributed by atoms with Gasteiger partial charge in [-0.05, 0) is 26.8 Å². The van der Waals surface area contributed by atoms with E-state index in [0.717, 1.165) is 0 Å². The summed E-state index contributed by atoms with van der Waals surface area (Å²) in [6.07, 6.45) is 1.02. The van der Waals surface area contributed by atoms with Gasteiger partial charge >= 0.3 is 6.09 Å². The third kappa shape index (κ3) is 5.02. The van der Waals surface area contributed by atoms with Crippen LogP contribution < -0.4 is 16.4 Å². The Kier molecular flexibility index (Phi) is 5.15. The van der Waals surface area contributed by atoms with Crippen LogP contribution in [0.2, 0.25) is 0 Å². The van der Waals surface area contributed by atoms with Crippen LogP contribution in [0, 0.1) is 11.3 Å². The first kappa shape index (κ1) is 15.6. The number of anilines is 2. The fraction of sp³-hybridized carbons (Fsp3) is 0.462. The maximum atomic E-state index is 11.4. The van der Waals surface area contributed by atoms with E-state index in [0.29, 0.717) is 30.2 Å². The van der Waals surface area contributed by atoms with Crippen LogP contribution in [0.3, 0.4) is 0 Å². The summed E-state index contributed by atoms with van der Waals surface area (Å²) in [6, 6.07) is 3.52. The van der Waals surface area contributed by atoms with Crippen molar-refractivity contribution in [1.29, 1.82) is 5.26 Å². The zero-order valence-corrected chi connectivity index (χ0v) is 11.9. The number of ether oxygens (including phenoxy) is 1. The maximum absolute atomic E-state index is 11.4. The second-order valence-corrected chi connectivity index (χ2v) is 5.09. The minimum atomic E-state index is -0.523. The normalized spacial score (nSPS) is 10.5. The molecular formula is C13H19N5O2. The van der Waals surface area contributed by atoms with E-state index < -0.39 is 11.7 Å². The number of nitrogen functional groups attached to an aromatic ring is 1. The number of hydrogen-bond acceptors (Lipinski definition) is 6. The molecule has 1 aromatic rings. The molecule has 0 atom stereocenters. The SMILES string of the molecule is CC(C)(C)OC(=O)NCCNc1nccc(C#N)c1N. The lowest BCUT2D eigenvalue weighted by molar-refractivity contribution is 0.0530. The molecule has 20 heavy (non-hydrogen) atoms. The van der Waals surface area contributed by atoms with E-state index in [1.807, 2.05) is 6.07 Å². The Morgan fingerprint density at radius 1 is 1.50 bits per heavy atom. The minimum Gasteiger partial charge on any atom is -0.444 e. The predicted octanol–water partition coefficient (Wildman–Crippen LogP) is 1.47. The summed E-state index contributed by atoms with van der Waals surface area (Å²) in [5.41, 5.74) is 5.90. The molecule has 0 radical (unpaired) electrons. The van der Waals surface area contributed by atoms with Crippen LogP contribution in [-0.2, 0) is 4.74 Å². The third-order valence-electron chi connectivity index (χ3n) is 2.20. The molecule has 0 saturated heterocycles. The number of aromatic nitrogens is 1. The van der Waals surface area contributed by atoms with Crippen molar-refractivity contribution >= 4 is 17.6 Å². The molecule has 7 heteroatoms. The van der Waals surface area contributed by atoms with Crippen molar-refractivity contribution in [1.82, 2.24) is 10.3 Å². The molecule has 1 heterocycles. The van der Waals surface area contributed by atoms with Crippen LogP contribution in [-0.4, -0.2) is 29.8 Å². The first-order valence-electron chi connectivity index (χ1n) is 6.19. The number of nitrogens with two attached hydrogens (primary N) is 1. The quantitative estimate of drug-likeness (QED) is 0.718. The molecule has 0 fully saturated rings. The van der Waals surface area contributed by atoms with Crippen LogP contribution in [0.1, 0.15) is 26.3 Å². The first-order chi connectivity index (χ1) is 9.33. The smallest absolute Gasteiger partial charge is 0.407 e. The van der Waals surface area contributed by atoms with Crippen molar-refractivity contribution in [2.24, 2.45) is 0 Å². The van der Waals surface area contributed by atoms with Gasteiger partial charge < -0.3 is 21.1 Å². The Bertz CT molecular complexity index is 516. The second kappa shape index (κ2) is 6.61. The predicted molar refractivity (Wildman–Crippen MR) is 76.1 cm³/mol. The summed E-state index contributed by atoms with van der Waals surface area (Å²) < 4.78 is 5.09. The van der Waals surface area contributed by atoms with Gasteiger partial charge in [0.05, 0.1) is 11.3 Å². The number of alkyl carbamates (subject to hydrolysis) is 1. The first-order valence-corrected chi connectivity index (χ1v) is 6.19. The fourth-order valence-electron chi connectivity index (χ4n) is 1.37. The zero-order valence-electron chi connectivity index (χ0n) is 11.9. The number of pyridine rings is 1. The highest BCUT2D eigenvalue weighted by atomic mass is 16.6. The second-order valence-electron chi connectivity index (χ2n) is 5.09. The lowest BCUT2D eigenvalue weighted by atomic mass is 10.2. The average Bonchev–Trinajstić information content (AvgIpc) is 2.34. The number of amides is 1. The standard InChI is InChI=1S/C13H19N5O2/c1-13(2,3)20-12(19)18-7-6-17-11-10(15)9(8-14)4-5-16-11/h4-5H,6-7,15H2,1-3H3,(H,16,17)(H,18,19). The molecule has 108 valence electrons. The van der Waals surface area contributed by atoms with Gasteiger partial charge in [0.2, 0.25) is 0 Å². The summed E-state index contributed by atoms with van der Waals surface area (Å²) in [7, 11) is 0. The number of carbonyl (C=O) groups is 1. The fourth-order valence-corrected chi connectivity index (χ4v) is 1.37. The van der Waals surface area contributed by atoms with Crippen molar-refractivity contribution in [2.45, 2.75) is 26.4 Å². The van der Waals surface area contributed by atoms with E-state index in [4.69, 9.17) is 15.7 Å². The molecule has 7 nitrogen and oxygen atoms in total. The Morgan fingerprint density at radius 3 is 2.80 bits per heavy atom. The number of nitriles is 1. The van der Waals surface area contributed by atoms with Crippen LogP contribution in [0.4, 0.5) is 16.3 Å². The number of carbonyl (C=O) groups excluding carboxylic acids is 1. The van der Waals surface area contributed by atoms with Gasteiger partial charge in [0.15, 0.2) is 5.82 Å². The van der Waals surface area contributed by atoms with Crippen molar-refractivity contribution in [3.8, 4) is 6.07 Å². The highest BCUT2D eigenvalue weighted by molar-refractivity contribution is 5.69. The summed E-state index contributed by atoms with van der Waals surface area (Å²) in [6.45, 7) is 6.16. The maximum Gasteiger partial charge on any atom is 0.407 e. The van der Waals surface area contributed by atoms with Gasteiger partial charge in [0, 0.05) is 19.3 Å². The topological polar surface area (TPSA) is 113 Å². The Labute approximate surface area is 118 Å². The van der Waals surface area contributed by atoms with Gasteiger partial charge in [-0.3, -0.25) is 0 Å². The van der Waals surface area contributed by atoms with E-state index >= 15 is 0 Å². The van der Waals surface area contributed by atoms with Gasteiger partial charge in [-0.1, -0.05) is 0 Å². The Morgan fingerprint density at radius 2 is 2.20 bits per heavy atom. The largest absolute Gasteiger partial charge is 0.444 e. The van der Waals surface area contributed by atoms with Crippen LogP contribution in [0.15, 0.2) is 12.3 Å². The van der Waals surface area contributed by atoms with Crippen molar-refractivity contribution < 1.29 is 9.53 Å². The van der Waals surface area contributed by atoms with Crippen LogP contribution >= 0.6 is 0 Å². The summed E-state index contributed by atoms with van der Waals surface area (Å²) >= 11 is 0. The van der Waals surface area contributed by atoms with Gasteiger partial charge in [0.1, 0.15) is 11.7 Å². The molecule has 0 unspecified atom stereocenters. The number of nitrogens with zero attached hydrogens (tertiary/aromatic N) is 2. The van der Waals surface area contributed by atoms with Gasteiger partial charge in [0.25, 0.3) is 0 Å². The molecule has 0 aliphatic rings. The third-order valence-corrected chi connectivity index (χ3v) is 2.20. The van der Waals surface area contributed by atoms with Gasteiger partial charge in [-0.15, -0.1) is 0 Å². The highest BCUT2D eigenvalue weighted by Crippen LogP contribution is 2.18. The molecule has 1 rings (SSSR count). The lowest BCUT2D eigenvalue weighted by Crippen LogP contribution is -2.35. The Balaban J connectivity index is 2.39. The molecule has 0 aliphatic carbocycles. The van der Waals surface area contributed by atoms with Crippen LogP contribution in [0.25, 0.3) is 0 Å². The molecule has 0 saturated carbocycles. The van der Waals surface area contributed by atoms with Crippen molar-refractivity contribution in [3.05, 3.63) is 17.8 Å². The summed E-state index contributed by atoms with van der Waals surface area (Å²) in [5, 5.41) is 14.4. The number of rotatable bonds is 4. The number of hydrogen-bond donors (Lipinski definition) is 3. The molecule has 1 aromatic heterocycles. The molecule has 0 bridgehead atoms. The van der Waals surface area contributed by atoms with E-state index in [9.17, 15) is 4.79 Å². The summed E-state index contributed by atoms with van der Waals surface area (Å²) in [5.74, 6) is 0.426. The molecule has 0 aromatic carbocycles. The van der Waals surface area contributed by atoms with E-state index in [1.165, 1.54) is 6.20 Å².